The van der Waals surface area contributed by atoms with Crippen molar-refractivity contribution < 1.29 is 0 Å². The third kappa shape index (κ3) is 4.60. The SMILES string of the molecule is CC(C)(C)SCCNC(c1nccs1)C1CC1. The Balaban J connectivity index is 1.76. The molecule has 2 rings (SSSR count). The summed E-state index contributed by atoms with van der Waals surface area (Å²) in [6, 6.07) is 0.510. The Morgan fingerprint density at radius 1 is 1.53 bits per heavy atom. The number of nitrogens with zero attached hydrogens (tertiary/aromatic N) is 1. The van der Waals surface area contributed by atoms with E-state index in [4.69, 9.17) is 0 Å². The lowest BCUT2D eigenvalue weighted by Gasteiger charge is -2.20. The molecule has 1 aliphatic rings. The van der Waals surface area contributed by atoms with Gasteiger partial charge in [0.25, 0.3) is 0 Å². The maximum absolute atomic E-state index is 4.45. The van der Waals surface area contributed by atoms with Crippen molar-refractivity contribution in [2.75, 3.05) is 12.3 Å². The number of nitrogens with one attached hydrogen (secondary N) is 1. The van der Waals surface area contributed by atoms with Gasteiger partial charge in [-0.05, 0) is 18.8 Å². The Labute approximate surface area is 113 Å². The summed E-state index contributed by atoms with van der Waals surface area (Å²) in [5.41, 5.74) is 0. The minimum Gasteiger partial charge on any atom is -0.307 e. The van der Waals surface area contributed by atoms with Gasteiger partial charge in [0.1, 0.15) is 5.01 Å². The van der Waals surface area contributed by atoms with Gasteiger partial charge in [-0.3, -0.25) is 0 Å². The molecule has 4 heteroatoms. The molecule has 0 aromatic carbocycles. The van der Waals surface area contributed by atoms with Gasteiger partial charge in [0.15, 0.2) is 0 Å². The molecular weight excluding hydrogens is 248 g/mol. The predicted octanol–water partition coefficient (Wildman–Crippen LogP) is 3.72. The van der Waals surface area contributed by atoms with Crippen LogP contribution in [0.2, 0.25) is 0 Å². The Kier molecular flexibility index (Phi) is 4.50. The Morgan fingerprint density at radius 3 is 2.82 bits per heavy atom. The molecule has 0 bridgehead atoms. The molecule has 1 fully saturated rings. The van der Waals surface area contributed by atoms with Crippen LogP contribution in [0.5, 0.6) is 0 Å². The molecule has 1 aromatic rings. The fraction of sp³-hybridized carbons (Fsp3) is 0.769. The summed E-state index contributed by atoms with van der Waals surface area (Å²) in [6.45, 7) is 7.91. The zero-order valence-electron chi connectivity index (χ0n) is 10.9. The van der Waals surface area contributed by atoms with Crippen LogP contribution in [0.4, 0.5) is 0 Å². The number of thioether (sulfide) groups is 1. The highest BCUT2D eigenvalue weighted by molar-refractivity contribution is 8.00. The van der Waals surface area contributed by atoms with Crippen LogP contribution < -0.4 is 5.32 Å². The van der Waals surface area contributed by atoms with Crippen LogP contribution in [-0.2, 0) is 0 Å². The molecule has 2 nitrogen and oxygen atoms in total. The summed E-state index contributed by atoms with van der Waals surface area (Å²) < 4.78 is 0.373. The minimum atomic E-state index is 0.373. The van der Waals surface area contributed by atoms with Crippen LogP contribution in [0, 0.1) is 5.92 Å². The molecule has 1 N–H and O–H groups in total. The van der Waals surface area contributed by atoms with Gasteiger partial charge in [-0.25, -0.2) is 4.98 Å². The molecule has 0 aliphatic heterocycles. The molecule has 1 aromatic heterocycles. The molecule has 0 saturated heterocycles. The minimum absolute atomic E-state index is 0.373. The first-order valence-corrected chi connectivity index (χ1v) is 8.19. The number of hydrogen-bond donors (Lipinski definition) is 1. The molecule has 96 valence electrons. The second kappa shape index (κ2) is 5.72. The predicted molar refractivity (Wildman–Crippen MR) is 77.8 cm³/mol. The van der Waals surface area contributed by atoms with E-state index >= 15 is 0 Å². The van der Waals surface area contributed by atoms with Gasteiger partial charge in [-0.15, -0.1) is 11.3 Å². The van der Waals surface area contributed by atoms with Gasteiger partial charge in [0, 0.05) is 28.6 Å². The lowest BCUT2D eigenvalue weighted by Crippen LogP contribution is -2.26. The summed E-state index contributed by atoms with van der Waals surface area (Å²) in [5, 5.41) is 7.03. The van der Waals surface area contributed by atoms with Crippen molar-refractivity contribution in [1.82, 2.24) is 10.3 Å². The first-order valence-electron chi connectivity index (χ1n) is 6.33. The number of rotatable bonds is 6. The monoisotopic (exact) mass is 270 g/mol. The molecule has 1 aliphatic carbocycles. The van der Waals surface area contributed by atoms with E-state index in [0.717, 1.165) is 12.5 Å². The molecule has 1 heterocycles. The summed E-state index contributed by atoms with van der Waals surface area (Å²) in [7, 11) is 0. The van der Waals surface area contributed by atoms with Crippen molar-refractivity contribution in [2.45, 2.75) is 44.4 Å². The third-order valence-corrected chi connectivity index (χ3v) is 4.95. The smallest absolute Gasteiger partial charge is 0.110 e. The Hall–Kier alpha value is -0.0600. The molecule has 0 amide bonds. The van der Waals surface area contributed by atoms with Gasteiger partial charge < -0.3 is 5.32 Å². The molecule has 0 spiro atoms. The van der Waals surface area contributed by atoms with Crippen LogP contribution in [0.15, 0.2) is 11.6 Å². The number of thiazole rings is 1. The fourth-order valence-electron chi connectivity index (χ4n) is 1.84. The van der Waals surface area contributed by atoms with Gasteiger partial charge >= 0.3 is 0 Å². The number of aromatic nitrogens is 1. The zero-order valence-corrected chi connectivity index (χ0v) is 12.5. The van der Waals surface area contributed by atoms with Gasteiger partial charge in [-0.1, -0.05) is 20.8 Å². The zero-order chi connectivity index (χ0) is 12.3. The highest BCUT2D eigenvalue weighted by Gasteiger charge is 2.33. The average molecular weight is 270 g/mol. The molecule has 17 heavy (non-hydrogen) atoms. The van der Waals surface area contributed by atoms with Crippen LogP contribution in [0.3, 0.4) is 0 Å². The van der Waals surface area contributed by atoms with E-state index in [9.17, 15) is 0 Å². The van der Waals surface area contributed by atoms with Gasteiger partial charge in [0.05, 0.1) is 6.04 Å². The highest BCUT2D eigenvalue weighted by Crippen LogP contribution is 2.41. The second-order valence-corrected chi connectivity index (χ2v) is 8.45. The Morgan fingerprint density at radius 2 is 2.29 bits per heavy atom. The molecule has 1 unspecified atom stereocenters. The van der Waals surface area contributed by atoms with E-state index in [2.05, 4.69) is 36.5 Å². The second-order valence-electron chi connectivity index (χ2n) is 5.60. The summed E-state index contributed by atoms with van der Waals surface area (Å²) in [6.07, 6.45) is 4.65. The summed E-state index contributed by atoms with van der Waals surface area (Å²) >= 11 is 3.81. The van der Waals surface area contributed by atoms with Crippen molar-refractivity contribution in [2.24, 2.45) is 5.92 Å². The largest absolute Gasteiger partial charge is 0.307 e. The molecule has 0 radical (unpaired) electrons. The van der Waals surface area contributed by atoms with Gasteiger partial charge in [-0.2, -0.15) is 11.8 Å². The number of hydrogen-bond acceptors (Lipinski definition) is 4. The van der Waals surface area contributed by atoms with Crippen molar-refractivity contribution in [3.05, 3.63) is 16.6 Å². The van der Waals surface area contributed by atoms with Crippen molar-refractivity contribution in [3.8, 4) is 0 Å². The molecule has 1 atom stereocenters. The summed E-state index contributed by atoms with van der Waals surface area (Å²) in [4.78, 5) is 4.45. The quantitative estimate of drug-likeness (QED) is 0.798. The van der Waals surface area contributed by atoms with Crippen LogP contribution in [0.1, 0.15) is 44.7 Å². The maximum atomic E-state index is 4.45. The molecule has 1 saturated carbocycles. The standard InChI is InChI=1S/C13H22N2S2/c1-13(2,3)17-9-7-14-11(10-4-5-10)12-15-6-8-16-12/h6,8,10-11,14H,4-5,7,9H2,1-3H3. The first kappa shape index (κ1) is 13.4. The van der Waals surface area contributed by atoms with E-state index < -0.39 is 0 Å². The lowest BCUT2D eigenvalue weighted by molar-refractivity contribution is 0.495. The maximum Gasteiger partial charge on any atom is 0.110 e. The Bertz CT molecular complexity index is 326. The highest BCUT2D eigenvalue weighted by atomic mass is 32.2. The lowest BCUT2D eigenvalue weighted by atomic mass is 10.2. The normalized spacial score (nSPS) is 18.3. The van der Waals surface area contributed by atoms with E-state index in [1.165, 1.54) is 23.6 Å². The van der Waals surface area contributed by atoms with Crippen LogP contribution in [-0.4, -0.2) is 22.0 Å². The summed E-state index contributed by atoms with van der Waals surface area (Å²) in [5.74, 6) is 2.01. The van der Waals surface area contributed by atoms with E-state index in [1.54, 1.807) is 11.3 Å². The first-order chi connectivity index (χ1) is 8.06. The van der Waals surface area contributed by atoms with Crippen LogP contribution >= 0.6 is 23.1 Å². The van der Waals surface area contributed by atoms with Crippen molar-refractivity contribution in [1.29, 1.82) is 0 Å². The van der Waals surface area contributed by atoms with E-state index in [-0.39, 0.29) is 0 Å². The van der Waals surface area contributed by atoms with Crippen molar-refractivity contribution >= 4 is 23.1 Å². The van der Waals surface area contributed by atoms with Crippen molar-refractivity contribution in [3.63, 3.8) is 0 Å². The fourth-order valence-corrected chi connectivity index (χ4v) is 3.48. The van der Waals surface area contributed by atoms with Gasteiger partial charge in [0.2, 0.25) is 0 Å². The van der Waals surface area contributed by atoms with E-state index in [0.29, 0.717) is 10.8 Å². The topological polar surface area (TPSA) is 24.9 Å². The van der Waals surface area contributed by atoms with Crippen LogP contribution in [0.25, 0.3) is 0 Å². The third-order valence-electron chi connectivity index (χ3n) is 2.81. The van der Waals surface area contributed by atoms with E-state index in [1.807, 2.05) is 18.0 Å². The molecular formula is C13H22N2S2. The average Bonchev–Trinajstić information content (AvgIpc) is 2.92.